The third-order valence-electron chi connectivity index (χ3n) is 8.56. The Bertz CT molecular complexity index is 1480. The quantitative estimate of drug-likeness (QED) is 0.291. The number of nitrogens with zero attached hydrogens (tertiary/aromatic N) is 1. The van der Waals surface area contributed by atoms with Crippen molar-refractivity contribution in [3.8, 4) is 17.1 Å². The number of aliphatic hydroxyl groups excluding tert-OH is 2. The minimum atomic E-state index is -2.62. The minimum absolute atomic E-state index is 0.0216. The molecule has 2 fully saturated rings. The first-order valence-corrected chi connectivity index (χ1v) is 13.7. The van der Waals surface area contributed by atoms with Crippen molar-refractivity contribution in [3.05, 3.63) is 40.7 Å². The smallest absolute Gasteiger partial charge is 0.230 e. The topological polar surface area (TPSA) is 187 Å². The molecule has 1 aromatic heterocycles. The van der Waals surface area contributed by atoms with Gasteiger partial charge in [-0.3, -0.25) is 14.4 Å². The zero-order valence-electron chi connectivity index (χ0n) is 23.8. The highest BCUT2D eigenvalue weighted by atomic mass is 16.3. The molecule has 0 saturated heterocycles. The van der Waals surface area contributed by atoms with E-state index in [0.29, 0.717) is 34.9 Å². The van der Waals surface area contributed by atoms with Gasteiger partial charge in [0.05, 0.1) is 23.8 Å². The molecule has 1 heterocycles. The maximum absolute atomic E-state index is 13.8. The minimum Gasteiger partial charge on any atom is -0.507 e. The number of hydrogen-bond acceptors (Lipinski definition) is 10. The Hall–Kier alpha value is -3.67. The summed E-state index contributed by atoms with van der Waals surface area (Å²) in [4.78, 5) is 40.8. The van der Waals surface area contributed by atoms with E-state index < -0.39 is 52.7 Å². The van der Waals surface area contributed by atoms with E-state index in [1.807, 2.05) is 39.8 Å². The number of nitrogens with two attached hydrogens (primary N) is 1. The molecule has 3 aliphatic carbocycles. The van der Waals surface area contributed by atoms with Crippen molar-refractivity contribution in [2.45, 2.75) is 63.8 Å². The molecule has 0 bridgehead atoms. The van der Waals surface area contributed by atoms with Gasteiger partial charge in [-0.2, -0.15) is 0 Å². The second kappa shape index (κ2) is 9.71. The predicted molar refractivity (Wildman–Crippen MR) is 150 cm³/mol. The van der Waals surface area contributed by atoms with E-state index in [4.69, 9.17) is 10.2 Å². The molecule has 0 spiro atoms. The maximum atomic E-state index is 13.8. The molecule has 11 heteroatoms. The fraction of sp³-hybridized carbons (Fsp3) is 0.500. The van der Waals surface area contributed by atoms with Crippen LogP contribution in [0.5, 0.6) is 5.75 Å². The number of carbonyl (C=O) groups is 3. The van der Waals surface area contributed by atoms with Crippen LogP contribution in [0.4, 0.5) is 5.69 Å². The molecule has 1 aromatic carbocycles. The van der Waals surface area contributed by atoms with Gasteiger partial charge in [0.2, 0.25) is 11.7 Å². The number of phenols is 1. The summed E-state index contributed by atoms with van der Waals surface area (Å²) in [6.45, 7) is 6.54. The number of aromatic hydroxyl groups is 1. The number of rotatable bonds is 5. The maximum Gasteiger partial charge on any atom is 0.230 e. The van der Waals surface area contributed by atoms with E-state index in [2.05, 4.69) is 5.32 Å². The van der Waals surface area contributed by atoms with Gasteiger partial charge in [0, 0.05) is 36.8 Å². The van der Waals surface area contributed by atoms with Crippen LogP contribution in [-0.2, 0) is 27.3 Å². The van der Waals surface area contributed by atoms with Gasteiger partial charge in [-0.1, -0.05) is 0 Å². The Morgan fingerprint density at radius 2 is 1.88 bits per heavy atom. The highest BCUT2D eigenvalue weighted by Gasteiger charge is 2.64. The second-order valence-electron chi connectivity index (χ2n) is 12.6. The van der Waals surface area contributed by atoms with Gasteiger partial charge in [-0.05, 0) is 69.7 Å². The van der Waals surface area contributed by atoms with Gasteiger partial charge >= 0.3 is 0 Å². The lowest BCUT2D eigenvalue weighted by Crippen LogP contribution is -2.66. The lowest BCUT2D eigenvalue weighted by molar-refractivity contribution is -0.174. The number of anilines is 1. The number of phenolic OH excluding ortho intramolecular Hbond substituents is 1. The molecule has 11 nitrogen and oxygen atoms in total. The molecule has 0 aliphatic heterocycles. The van der Waals surface area contributed by atoms with E-state index >= 15 is 0 Å². The molecule has 2 saturated carbocycles. The first kappa shape index (κ1) is 28.8. The molecule has 220 valence electrons. The van der Waals surface area contributed by atoms with Gasteiger partial charge in [-0.25, -0.2) is 0 Å². The number of benzene rings is 1. The van der Waals surface area contributed by atoms with Crippen LogP contribution in [-0.4, -0.2) is 69.2 Å². The Morgan fingerprint density at radius 1 is 1.20 bits per heavy atom. The van der Waals surface area contributed by atoms with Crippen molar-refractivity contribution in [2.24, 2.45) is 23.5 Å². The summed E-state index contributed by atoms with van der Waals surface area (Å²) in [6.07, 6.45) is -1.26. The second-order valence-corrected chi connectivity index (χ2v) is 12.6. The highest BCUT2D eigenvalue weighted by Crippen LogP contribution is 2.54. The molecular weight excluding hydrogens is 530 g/mol. The number of Topliss-reactive ketones (excluding diaryl/α,β-unsaturated/α-hetero) is 2. The Balaban J connectivity index is 1.63. The van der Waals surface area contributed by atoms with E-state index in [0.717, 1.165) is 0 Å². The first-order chi connectivity index (χ1) is 19.1. The average molecular weight is 568 g/mol. The van der Waals surface area contributed by atoms with E-state index in [1.165, 1.54) is 0 Å². The van der Waals surface area contributed by atoms with E-state index in [1.54, 1.807) is 18.2 Å². The van der Waals surface area contributed by atoms with Gasteiger partial charge in [0.25, 0.3) is 0 Å². The summed E-state index contributed by atoms with van der Waals surface area (Å²) < 4.78 is 6.02. The number of aliphatic hydroxyl groups is 3. The summed E-state index contributed by atoms with van der Waals surface area (Å²) in [5.41, 5.74) is 3.98. The third kappa shape index (κ3) is 4.52. The Labute approximate surface area is 237 Å². The van der Waals surface area contributed by atoms with Crippen LogP contribution in [0.1, 0.15) is 50.5 Å². The molecule has 1 amide bonds. The summed E-state index contributed by atoms with van der Waals surface area (Å²) in [5, 5.41) is 48.3. The van der Waals surface area contributed by atoms with Crippen molar-refractivity contribution < 1.29 is 39.2 Å². The molecule has 5 atom stereocenters. The van der Waals surface area contributed by atoms with Gasteiger partial charge < -0.3 is 40.8 Å². The normalized spacial score (nSPS) is 27.8. The fourth-order valence-corrected chi connectivity index (χ4v) is 6.53. The largest absolute Gasteiger partial charge is 0.507 e. The number of ketones is 2. The molecule has 2 aromatic rings. The SMILES string of the molecule is CN(C)c1cc(-c2ccc(CNC(C)(C)C)o2)c(O)c2c1C[C@H]1C[C@H]3CC(O)C(C(N)=O)C(=O)[C@@]3(O)C(=O)C1=C2O. The average Bonchev–Trinajstić information content (AvgIpc) is 3.33. The molecule has 41 heavy (non-hydrogen) atoms. The number of fused-ring (bicyclic) bond motifs is 3. The fourth-order valence-electron chi connectivity index (χ4n) is 6.53. The number of hydrogen-bond donors (Lipinski definition) is 6. The van der Waals surface area contributed by atoms with Crippen LogP contribution >= 0.6 is 0 Å². The zero-order valence-corrected chi connectivity index (χ0v) is 23.8. The molecule has 3 aliphatic rings. The molecule has 5 rings (SSSR count). The van der Waals surface area contributed by atoms with Crippen molar-refractivity contribution in [1.82, 2.24) is 5.32 Å². The van der Waals surface area contributed by atoms with Crippen molar-refractivity contribution in [1.29, 1.82) is 0 Å². The summed E-state index contributed by atoms with van der Waals surface area (Å²) in [5.74, 6) is -6.47. The van der Waals surface area contributed by atoms with Crippen LogP contribution in [0.25, 0.3) is 17.1 Å². The van der Waals surface area contributed by atoms with Crippen LogP contribution in [0.3, 0.4) is 0 Å². The van der Waals surface area contributed by atoms with Crippen molar-refractivity contribution >= 4 is 28.9 Å². The van der Waals surface area contributed by atoms with Crippen LogP contribution in [0, 0.1) is 17.8 Å². The predicted octanol–water partition coefficient (Wildman–Crippen LogP) is 1.80. The van der Waals surface area contributed by atoms with Gasteiger partial charge in [0.15, 0.2) is 11.4 Å². The van der Waals surface area contributed by atoms with Crippen LogP contribution in [0.2, 0.25) is 0 Å². The molecule has 7 N–H and O–H groups in total. The first-order valence-electron chi connectivity index (χ1n) is 13.7. The van der Waals surface area contributed by atoms with Gasteiger partial charge in [-0.15, -0.1) is 0 Å². The van der Waals surface area contributed by atoms with Crippen LogP contribution in [0.15, 0.2) is 28.2 Å². The molecule has 0 radical (unpaired) electrons. The number of amides is 1. The third-order valence-corrected chi connectivity index (χ3v) is 8.56. The lowest BCUT2D eigenvalue weighted by Gasteiger charge is -2.48. The standard InChI is InChI=1S/C30H37N3O8/c1-29(2,3)32-12-15-6-7-20(41-15)17-11-18(33(4)5)16-9-13-8-14-10-19(34)23(28(31)39)27(38)30(14,40)26(37)21(13)25(36)22(16)24(17)35/h6-7,11,13-14,19,23,32,34-36,40H,8-10,12H2,1-5H3,(H2,31,39)/t13-,14+,19?,23?,30+/m1/s1. The van der Waals surface area contributed by atoms with E-state index in [-0.39, 0.29) is 41.7 Å². The molecule has 2 unspecified atom stereocenters. The number of primary amides is 1. The Morgan fingerprint density at radius 3 is 2.49 bits per heavy atom. The Kier molecular flexibility index (Phi) is 6.83. The number of nitrogens with one attached hydrogen (secondary N) is 1. The summed E-state index contributed by atoms with van der Waals surface area (Å²) >= 11 is 0. The van der Waals surface area contributed by atoms with Crippen molar-refractivity contribution in [3.63, 3.8) is 0 Å². The summed E-state index contributed by atoms with van der Waals surface area (Å²) in [6, 6.07) is 5.26. The lowest BCUT2D eigenvalue weighted by atomic mass is 9.56. The van der Waals surface area contributed by atoms with E-state index in [9.17, 15) is 34.8 Å². The monoisotopic (exact) mass is 567 g/mol. The number of carbonyl (C=O) groups excluding carboxylic acids is 3. The number of furan rings is 1. The van der Waals surface area contributed by atoms with Gasteiger partial charge in [0.1, 0.15) is 28.9 Å². The van der Waals surface area contributed by atoms with Crippen molar-refractivity contribution in [2.75, 3.05) is 19.0 Å². The summed E-state index contributed by atoms with van der Waals surface area (Å²) in [7, 11) is 3.64. The molecular formula is C30H37N3O8. The highest BCUT2D eigenvalue weighted by molar-refractivity contribution is 6.24. The van der Waals surface area contributed by atoms with Crippen LogP contribution < -0.4 is 16.0 Å². The zero-order chi connectivity index (χ0) is 30.2.